The number of carboxylic acids is 1. The number of ether oxygens (including phenoxy) is 1. The molecule has 0 bridgehead atoms. The summed E-state index contributed by atoms with van der Waals surface area (Å²) in [6, 6.07) is 1.89. The second-order valence-electron chi connectivity index (χ2n) is 4.20. The van der Waals surface area contributed by atoms with Crippen LogP contribution in [-0.4, -0.2) is 23.2 Å². The Morgan fingerprint density at radius 1 is 1.62 bits per heavy atom. The van der Waals surface area contributed by atoms with Gasteiger partial charge in [0.15, 0.2) is 0 Å². The molecule has 0 amide bonds. The number of nitrogens with zero attached hydrogens (tertiary/aromatic N) is 1. The van der Waals surface area contributed by atoms with Gasteiger partial charge in [-0.25, -0.2) is 0 Å². The molecular weight excluding hydrogens is 206 g/mol. The van der Waals surface area contributed by atoms with E-state index in [9.17, 15) is 4.79 Å². The minimum atomic E-state index is -0.750. The van der Waals surface area contributed by atoms with E-state index >= 15 is 0 Å². The third-order valence-electron chi connectivity index (χ3n) is 2.98. The highest BCUT2D eigenvalue weighted by Gasteiger charge is 2.34. The minimum absolute atomic E-state index is 0.0834. The summed E-state index contributed by atoms with van der Waals surface area (Å²) < 4.78 is 5.10. The maximum absolute atomic E-state index is 10.8. The summed E-state index contributed by atoms with van der Waals surface area (Å²) >= 11 is 0. The fourth-order valence-corrected chi connectivity index (χ4v) is 1.99. The minimum Gasteiger partial charge on any atom is -0.495 e. The van der Waals surface area contributed by atoms with E-state index in [0.717, 1.165) is 18.4 Å². The Kier molecular flexibility index (Phi) is 3.08. The number of rotatable bonds is 5. The van der Waals surface area contributed by atoms with Crippen LogP contribution in [0.2, 0.25) is 0 Å². The van der Waals surface area contributed by atoms with Crippen LogP contribution < -0.4 is 4.74 Å². The lowest BCUT2D eigenvalue weighted by Crippen LogP contribution is -2.08. The molecule has 0 saturated heterocycles. The summed E-state index contributed by atoms with van der Waals surface area (Å²) in [6.07, 6.45) is 5.80. The molecule has 16 heavy (non-hydrogen) atoms. The molecule has 4 heteroatoms. The van der Waals surface area contributed by atoms with Gasteiger partial charge in [-0.05, 0) is 36.3 Å². The highest BCUT2D eigenvalue weighted by atomic mass is 16.5. The Morgan fingerprint density at radius 3 is 2.94 bits per heavy atom. The van der Waals surface area contributed by atoms with Crippen molar-refractivity contribution in [2.45, 2.75) is 25.2 Å². The number of aliphatic carboxylic acids is 1. The van der Waals surface area contributed by atoms with Crippen LogP contribution in [0.1, 0.15) is 30.7 Å². The number of hydrogen-bond acceptors (Lipinski definition) is 3. The first-order valence-electron chi connectivity index (χ1n) is 5.41. The highest BCUT2D eigenvalue weighted by Crippen LogP contribution is 2.44. The molecule has 1 saturated carbocycles. The quantitative estimate of drug-likeness (QED) is 0.826. The van der Waals surface area contributed by atoms with Gasteiger partial charge in [-0.3, -0.25) is 9.78 Å². The summed E-state index contributed by atoms with van der Waals surface area (Å²) in [6.45, 7) is 0. The average molecular weight is 221 g/mol. The van der Waals surface area contributed by atoms with Crippen LogP contribution in [0.3, 0.4) is 0 Å². The number of methoxy groups -OCH3 is 1. The van der Waals surface area contributed by atoms with Crippen molar-refractivity contribution in [2.75, 3.05) is 7.11 Å². The first kappa shape index (κ1) is 10.9. The molecule has 1 N–H and O–H groups in total. The van der Waals surface area contributed by atoms with Crippen molar-refractivity contribution in [3.8, 4) is 5.75 Å². The van der Waals surface area contributed by atoms with Crippen molar-refractivity contribution in [1.82, 2.24) is 4.98 Å². The van der Waals surface area contributed by atoms with E-state index in [4.69, 9.17) is 9.84 Å². The Labute approximate surface area is 94.3 Å². The zero-order valence-electron chi connectivity index (χ0n) is 9.22. The Morgan fingerprint density at radius 2 is 2.38 bits per heavy atom. The predicted octanol–water partition coefficient (Wildman–Crippen LogP) is 2.06. The van der Waals surface area contributed by atoms with Gasteiger partial charge in [-0.1, -0.05) is 0 Å². The molecule has 1 atom stereocenters. The van der Waals surface area contributed by atoms with Crippen molar-refractivity contribution in [3.63, 3.8) is 0 Å². The van der Waals surface area contributed by atoms with E-state index < -0.39 is 5.97 Å². The predicted molar refractivity (Wildman–Crippen MR) is 58.5 cm³/mol. The first-order valence-corrected chi connectivity index (χ1v) is 5.41. The van der Waals surface area contributed by atoms with Crippen molar-refractivity contribution in [2.24, 2.45) is 5.92 Å². The summed E-state index contributed by atoms with van der Waals surface area (Å²) in [5.41, 5.74) is 0.976. The summed E-state index contributed by atoms with van der Waals surface area (Å²) in [4.78, 5) is 14.9. The van der Waals surface area contributed by atoms with Crippen LogP contribution in [-0.2, 0) is 4.79 Å². The second-order valence-corrected chi connectivity index (χ2v) is 4.20. The van der Waals surface area contributed by atoms with Crippen molar-refractivity contribution in [3.05, 3.63) is 24.0 Å². The lowest BCUT2D eigenvalue weighted by Gasteiger charge is -2.14. The van der Waals surface area contributed by atoms with E-state index in [0.29, 0.717) is 11.7 Å². The average Bonchev–Trinajstić information content (AvgIpc) is 3.09. The smallest absolute Gasteiger partial charge is 0.303 e. The second kappa shape index (κ2) is 4.51. The first-order chi connectivity index (χ1) is 7.70. The van der Waals surface area contributed by atoms with Gasteiger partial charge in [0.2, 0.25) is 0 Å². The van der Waals surface area contributed by atoms with Gasteiger partial charge in [0.1, 0.15) is 5.75 Å². The SMILES string of the molecule is COc1cncc(C(CC(=O)O)C2CC2)c1. The van der Waals surface area contributed by atoms with E-state index in [2.05, 4.69) is 4.98 Å². The topological polar surface area (TPSA) is 59.4 Å². The van der Waals surface area contributed by atoms with Gasteiger partial charge in [0, 0.05) is 6.20 Å². The van der Waals surface area contributed by atoms with Crippen LogP contribution in [0.4, 0.5) is 0 Å². The lowest BCUT2D eigenvalue weighted by atomic mass is 9.92. The van der Waals surface area contributed by atoms with Crippen LogP contribution in [0, 0.1) is 5.92 Å². The molecule has 0 aromatic carbocycles. The number of aromatic nitrogens is 1. The molecule has 1 aliphatic rings. The Bertz CT molecular complexity index is 388. The molecule has 2 rings (SSSR count). The summed E-state index contributed by atoms with van der Waals surface area (Å²) in [7, 11) is 1.59. The van der Waals surface area contributed by atoms with Crippen molar-refractivity contribution >= 4 is 5.97 Å². The molecule has 0 radical (unpaired) electrons. The molecule has 1 aromatic rings. The van der Waals surface area contributed by atoms with Crippen LogP contribution in [0.5, 0.6) is 5.75 Å². The molecule has 0 spiro atoms. The Hall–Kier alpha value is -1.58. The van der Waals surface area contributed by atoms with Gasteiger partial charge in [0.25, 0.3) is 0 Å². The summed E-state index contributed by atoms with van der Waals surface area (Å²) in [5, 5.41) is 8.90. The largest absolute Gasteiger partial charge is 0.495 e. The number of pyridine rings is 1. The summed E-state index contributed by atoms with van der Waals surface area (Å²) in [5.74, 6) is 0.526. The third-order valence-corrected chi connectivity index (χ3v) is 2.98. The van der Waals surface area contributed by atoms with E-state index in [1.165, 1.54) is 0 Å². The standard InChI is InChI=1S/C12H15NO3/c1-16-10-4-9(6-13-7-10)11(5-12(14)15)8-2-3-8/h4,6-8,11H,2-3,5H2,1H3,(H,14,15). The maximum Gasteiger partial charge on any atom is 0.303 e. The monoisotopic (exact) mass is 221 g/mol. The number of hydrogen-bond donors (Lipinski definition) is 1. The van der Waals surface area contributed by atoms with Gasteiger partial charge in [0.05, 0.1) is 19.7 Å². The Balaban J connectivity index is 2.20. The van der Waals surface area contributed by atoms with E-state index in [1.54, 1.807) is 19.5 Å². The number of carbonyl (C=O) groups is 1. The molecule has 1 heterocycles. The fourth-order valence-electron chi connectivity index (χ4n) is 1.99. The highest BCUT2D eigenvalue weighted by molar-refractivity contribution is 5.68. The zero-order valence-corrected chi connectivity index (χ0v) is 9.22. The van der Waals surface area contributed by atoms with Crippen LogP contribution in [0.25, 0.3) is 0 Å². The maximum atomic E-state index is 10.8. The van der Waals surface area contributed by atoms with E-state index in [-0.39, 0.29) is 12.3 Å². The molecule has 1 unspecified atom stereocenters. The molecule has 1 aromatic heterocycles. The van der Waals surface area contributed by atoms with Crippen LogP contribution in [0.15, 0.2) is 18.5 Å². The van der Waals surface area contributed by atoms with Gasteiger partial charge in [-0.2, -0.15) is 0 Å². The molecule has 0 aliphatic heterocycles. The van der Waals surface area contributed by atoms with Gasteiger partial charge >= 0.3 is 5.97 Å². The molecule has 4 nitrogen and oxygen atoms in total. The normalized spacial score (nSPS) is 16.8. The zero-order chi connectivity index (χ0) is 11.5. The van der Waals surface area contributed by atoms with Gasteiger partial charge in [-0.15, -0.1) is 0 Å². The van der Waals surface area contributed by atoms with Crippen molar-refractivity contribution in [1.29, 1.82) is 0 Å². The third kappa shape index (κ3) is 2.51. The molecular formula is C12H15NO3. The van der Waals surface area contributed by atoms with E-state index in [1.807, 2.05) is 6.07 Å². The molecule has 1 fully saturated rings. The van der Waals surface area contributed by atoms with Gasteiger partial charge < -0.3 is 9.84 Å². The van der Waals surface area contributed by atoms with Crippen LogP contribution >= 0.6 is 0 Å². The lowest BCUT2D eigenvalue weighted by molar-refractivity contribution is -0.137. The fraction of sp³-hybridized carbons (Fsp3) is 0.500. The van der Waals surface area contributed by atoms with Crippen molar-refractivity contribution < 1.29 is 14.6 Å². The molecule has 86 valence electrons. The molecule has 1 aliphatic carbocycles. The number of carboxylic acid groups (broad SMARTS) is 1.